The number of fused-ring (bicyclic) bond motifs is 1. The smallest absolute Gasteiger partial charge is 0.230 e. The second-order valence-electron chi connectivity index (χ2n) is 7.22. The first-order valence-electron chi connectivity index (χ1n) is 9.52. The van der Waals surface area contributed by atoms with Crippen LogP contribution in [0.4, 0.5) is 0 Å². The average Bonchev–Trinajstić information content (AvgIpc) is 3.16. The number of hydrogen-bond acceptors (Lipinski definition) is 3. The van der Waals surface area contributed by atoms with Crippen molar-refractivity contribution in [1.82, 2.24) is 19.7 Å². The fraction of sp³-hybridized carbons (Fsp3) is 0.550. The summed E-state index contributed by atoms with van der Waals surface area (Å²) in [4.78, 5) is 15.2. The van der Waals surface area contributed by atoms with E-state index in [1.807, 2.05) is 6.33 Å². The molecule has 1 aromatic heterocycles. The van der Waals surface area contributed by atoms with E-state index < -0.39 is 0 Å². The van der Waals surface area contributed by atoms with Crippen LogP contribution in [0.25, 0.3) is 0 Å². The van der Waals surface area contributed by atoms with Crippen molar-refractivity contribution in [2.75, 3.05) is 13.1 Å². The Hall–Kier alpha value is -2.17. The minimum atomic E-state index is 0.0563. The van der Waals surface area contributed by atoms with Crippen LogP contribution in [0.15, 0.2) is 30.6 Å². The SMILES string of the molecule is CCn1cnnc1C1CCN(C(=O)[C@@H]2CCCc3ccccc32)CC1. The molecule has 1 atom stereocenters. The van der Waals surface area contributed by atoms with Crippen LogP contribution in [0.5, 0.6) is 0 Å². The molecule has 1 aliphatic heterocycles. The Bertz CT molecular complexity index is 746. The molecule has 5 nitrogen and oxygen atoms in total. The van der Waals surface area contributed by atoms with Crippen molar-refractivity contribution in [2.45, 2.75) is 57.4 Å². The predicted molar refractivity (Wildman–Crippen MR) is 96.4 cm³/mol. The van der Waals surface area contributed by atoms with E-state index in [0.29, 0.717) is 11.8 Å². The number of rotatable bonds is 3. The number of likely N-dealkylation sites (tertiary alicyclic amines) is 1. The molecule has 0 N–H and O–H groups in total. The van der Waals surface area contributed by atoms with Crippen molar-refractivity contribution in [1.29, 1.82) is 0 Å². The lowest BCUT2D eigenvalue weighted by molar-refractivity contribution is -0.134. The summed E-state index contributed by atoms with van der Waals surface area (Å²) in [5, 5.41) is 8.36. The molecule has 2 heterocycles. The monoisotopic (exact) mass is 338 g/mol. The maximum absolute atomic E-state index is 13.1. The molecule has 1 aliphatic carbocycles. The lowest BCUT2D eigenvalue weighted by Gasteiger charge is -2.35. The van der Waals surface area contributed by atoms with Crippen LogP contribution in [-0.4, -0.2) is 38.7 Å². The number of nitrogens with zero attached hydrogens (tertiary/aromatic N) is 4. The standard InChI is InChI=1S/C20H26N4O/c1-2-23-14-21-22-19(23)16-10-12-24(13-11-16)20(25)18-9-5-7-15-6-3-4-8-17(15)18/h3-4,6,8,14,16,18H,2,5,7,9-13H2,1H3/t18-/m1/s1. The summed E-state index contributed by atoms with van der Waals surface area (Å²) in [5.41, 5.74) is 2.62. The summed E-state index contributed by atoms with van der Waals surface area (Å²) >= 11 is 0. The number of aromatic nitrogens is 3. The van der Waals surface area contributed by atoms with Gasteiger partial charge in [-0.25, -0.2) is 0 Å². The molecule has 132 valence electrons. The summed E-state index contributed by atoms with van der Waals surface area (Å²) in [6, 6.07) is 8.47. The Morgan fingerprint density at radius 1 is 1.20 bits per heavy atom. The first-order chi connectivity index (χ1) is 12.3. The van der Waals surface area contributed by atoms with Gasteiger partial charge in [0.15, 0.2) is 0 Å². The van der Waals surface area contributed by atoms with Gasteiger partial charge in [-0.2, -0.15) is 0 Å². The summed E-state index contributed by atoms with van der Waals surface area (Å²) < 4.78 is 2.12. The zero-order valence-corrected chi connectivity index (χ0v) is 14.9. The first-order valence-corrected chi connectivity index (χ1v) is 9.52. The van der Waals surface area contributed by atoms with Crippen molar-refractivity contribution in [3.63, 3.8) is 0 Å². The van der Waals surface area contributed by atoms with Gasteiger partial charge in [0, 0.05) is 25.6 Å². The third-order valence-corrected chi connectivity index (χ3v) is 5.83. The van der Waals surface area contributed by atoms with Gasteiger partial charge in [-0.05, 0) is 50.2 Å². The zero-order chi connectivity index (χ0) is 17.2. The molecule has 0 unspecified atom stereocenters. The van der Waals surface area contributed by atoms with Gasteiger partial charge in [0.05, 0.1) is 5.92 Å². The van der Waals surface area contributed by atoms with Crippen LogP contribution in [0.1, 0.15) is 61.4 Å². The van der Waals surface area contributed by atoms with Crippen molar-refractivity contribution in [3.8, 4) is 0 Å². The molecule has 25 heavy (non-hydrogen) atoms. The number of carbonyl (C=O) groups excluding carboxylic acids is 1. The maximum Gasteiger partial charge on any atom is 0.230 e. The molecule has 5 heteroatoms. The lowest BCUT2D eigenvalue weighted by atomic mass is 9.81. The molecule has 1 amide bonds. The van der Waals surface area contributed by atoms with Crippen molar-refractivity contribution < 1.29 is 4.79 Å². The predicted octanol–water partition coefficient (Wildman–Crippen LogP) is 3.12. The summed E-state index contributed by atoms with van der Waals surface area (Å²) in [6.07, 6.45) is 6.99. The molecule has 4 rings (SSSR count). The summed E-state index contributed by atoms with van der Waals surface area (Å²) in [7, 11) is 0. The van der Waals surface area contributed by atoms with E-state index in [-0.39, 0.29) is 5.92 Å². The average molecular weight is 338 g/mol. The van der Waals surface area contributed by atoms with Gasteiger partial charge in [-0.1, -0.05) is 24.3 Å². The number of piperidine rings is 1. The fourth-order valence-electron chi connectivity index (χ4n) is 4.41. The first kappa shape index (κ1) is 16.3. The van der Waals surface area contributed by atoms with Gasteiger partial charge in [0.25, 0.3) is 0 Å². The molecule has 2 aliphatic rings. The maximum atomic E-state index is 13.1. The Morgan fingerprint density at radius 3 is 2.80 bits per heavy atom. The molecular formula is C20H26N4O. The lowest BCUT2D eigenvalue weighted by Crippen LogP contribution is -2.41. The molecule has 0 radical (unpaired) electrons. The van der Waals surface area contributed by atoms with Gasteiger partial charge >= 0.3 is 0 Å². The summed E-state index contributed by atoms with van der Waals surface area (Å²) in [6.45, 7) is 4.68. The Kier molecular flexibility index (Phi) is 4.55. The van der Waals surface area contributed by atoms with Gasteiger partial charge in [0.2, 0.25) is 5.91 Å². The second-order valence-corrected chi connectivity index (χ2v) is 7.22. The molecular weight excluding hydrogens is 312 g/mol. The number of aryl methyl sites for hydroxylation is 2. The minimum Gasteiger partial charge on any atom is -0.342 e. The quantitative estimate of drug-likeness (QED) is 0.864. The molecule has 0 bridgehead atoms. The fourth-order valence-corrected chi connectivity index (χ4v) is 4.41. The number of carbonyl (C=O) groups is 1. The highest BCUT2D eigenvalue weighted by Crippen LogP contribution is 2.35. The van der Waals surface area contributed by atoms with E-state index in [2.05, 4.69) is 50.9 Å². The zero-order valence-electron chi connectivity index (χ0n) is 14.9. The van der Waals surface area contributed by atoms with Crippen molar-refractivity contribution >= 4 is 5.91 Å². The molecule has 0 spiro atoms. The largest absolute Gasteiger partial charge is 0.342 e. The van der Waals surface area contributed by atoms with Crippen LogP contribution in [0.3, 0.4) is 0 Å². The van der Waals surface area contributed by atoms with Gasteiger partial charge < -0.3 is 9.47 Å². The van der Waals surface area contributed by atoms with Gasteiger partial charge in [-0.15, -0.1) is 10.2 Å². The highest BCUT2D eigenvalue weighted by molar-refractivity contribution is 5.84. The molecule has 0 saturated carbocycles. The molecule has 1 aromatic carbocycles. The Labute approximate surface area is 149 Å². The van der Waals surface area contributed by atoms with Crippen LogP contribution in [0, 0.1) is 0 Å². The van der Waals surface area contributed by atoms with Crippen LogP contribution < -0.4 is 0 Å². The topological polar surface area (TPSA) is 51.0 Å². The number of hydrogen-bond donors (Lipinski definition) is 0. The Morgan fingerprint density at radius 2 is 2.00 bits per heavy atom. The highest BCUT2D eigenvalue weighted by atomic mass is 16.2. The molecule has 1 saturated heterocycles. The van der Waals surface area contributed by atoms with Crippen LogP contribution in [0.2, 0.25) is 0 Å². The number of benzene rings is 1. The van der Waals surface area contributed by atoms with E-state index in [1.54, 1.807) is 0 Å². The van der Waals surface area contributed by atoms with Gasteiger partial charge in [-0.3, -0.25) is 4.79 Å². The van der Waals surface area contributed by atoms with Crippen LogP contribution >= 0.6 is 0 Å². The summed E-state index contributed by atoms with van der Waals surface area (Å²) in [5.74, 6) is 1.88. The number of amides is 1. The van der Waals surface area contributed by atoms with Crippen molar-refractivity contribution in [2.24, 2.45) is 0 Å². The van der Waals surface area contributed by atoms with Gasteiger partial charge in [0.1, 0.15) is 12.2 Å². The second kappa shape index (κ2) is 6.98. The van der Waals surface area contributed by atoms with Crippen LogP contribution in [-0.2, 0) is 17.8 Å². The highest BCUT2D eigenvalue weighted by Gasteiger charge is 2.33. The van der Waals surface area contributed by atoms with E-state index >= 15 is 0 Å². The molecule has 1 fully saturated rings. The van der Waals surface area contributed by atoms with E-state index in [0.717, 1.165) is 57.6 Å². The Balaban J connectivity index is 1.44. The third-order valence-electron chi connectivity index (χ3n) is 5.83. The third kappa shape index (κ3) is 3.08. The van der Waals surface area contributed by atoms with E-state index in [9.17, 15) is 4.79 Å². The van der Waals surface area contributed by atoms with E-state index in [4.69, 9.17) is 0 Å². The van der Waals surface area contributed by atoms with E-state index in [1.165, 1.54) is 11.1 Å². The minimum absolute atomic E-state index is 0.0563. The molecule has 2 aromatic rings. The normalized spacial score (nSPS) is 21.2. The van der Waals surface area contributed by atoms with Crippen molar-refractivity contribution in [3.05, 3.63) is 47.5 Å².